The van der Waals surface area contributed by atoms with E-state index in [1.807, 2.05) is 18.5 Å². The Balaban J connectivity index is 1.67. The first-order valence-corrected chi connectivity index (χ1v) is 9.22. The maximum Gasteiger partial charge on any atom is 0.203 e. The fourth-order valence-electron chi connectivity index (χ4n) is 2.49. The predicted octanol–water partition coefficient (Wildman–Crippen LogP) is 5.86. The van der Waals surface area contributed by atoms with Crippen LogP contribution < -0.4 is 5.43 Å². The Bertz CT molecular complexity index is 853. The van der Waals surface area contributed by atoms with Gasteiger partial charge in [0.05, 0.1) is 11.9 Å². The van der Waals surface area contributed by atoms with Gasteiger partial charge in [0.25, 0.3) is 0 Å². The number of hydrogen-bond acceptors (Lipinski definition) is 4. The van der Waals surface area contributed by atoms with Crippen LogP contribution in [-0.4, -0.2) is 11.2 Å². The molecule has 0 aliphatic carbocycles. The van der Waals surface area contributed by atoms with Crippen LogP contribution in [0, 0.1) is 6.92 Å². The molecule has 0 atom stereocenters. The van der Waals surface area contributed by atoms with E-state index in [1.165, 1.54) is 16.7 Å². The van der Waals surface area contributed by atoms with Crippen LogP contribution in [0.25, 0.3) is 11.1 Å². The van der Waals surface area contributed by atoms with Gasteiger partial charge in [0.15, 0.2) is 0 Å². The molecule has 1 heterocycles. The monoisotopic (exact) mass is 349 g/mol. The van der Waals surface area contributed by atoms with E-state index >= 15 is 0 Å². The van der Waals surface area contributed by atoms with Gasteiger partial charge in [-0.15, -0.1) is 11.3 Å². The third-order valence-electron chi connectivity index (χ3n) is 3.99. The van der Waals surface area contributed by atoms with Gasteiger partial charge in [-0.1, -0.05) is 69.3 Å². The quantitative estimate of drug-likeness (QED) is 0.473. The zero-order valence-electron chi connectivity index (χ0n) is 15.1. The minimum Gasteiger partial charge on any atom is -0.253 e. The zero-order chi connectivity index (χ0) is 17.9. The average Bonchev–Trinajstić information content (AvgIpc) is 3.00. The molecule has 0 fully saturated rings. The van der Waals surface area contributed by atoms with E-state index in [9.17, 15) is 0 Å². The summed E-state index contributed by atoms with van der Waals surface area (Å²) in [5.41, 5.74) is 8.99. The number of thiazole rings is 1. The summed E-state index contributed by atoms with van der Waals surface area (Å²) in [5.74, 6) is 0. The second-order valence-electron chi connectivity index (χ2n) is 7.11. The van der Waals surface area contributed by atoms with E-state index < -0.39 is 0 Å². The summed E-state index contributed by atoms with van der Waals surface area (Å²) in [5, 5.41) is 7.05. The summed E-state index contributed by atoms with van der Waals surface area (Å²) in [6, 6.07) is 17.2. The molecule has 0 saturated heterocycles. The minimum absolute atomic E-state index is 0.182. The number of nitrogens with one attached hydrogen (secondary N) is 1. The van der Waals surface area contributed by atoms with E-state index in [-0.39, 0.29) is 5.41 Å². The van der Waals surface area contributed by atoms with Crippen molar-refractivity contribution in [2.45, 2.75) is 33.1 Å². The fraction of sp³-hybridized carbons (Fsp3) is 0.238. The number of anilines is 1. The molecule has 2 aromatic carbocycles. The lowest BCUT2D eigenvalue weighted by atomic mass is 9.86. The second-order valence-corrected chi connectivity index (χ2v) is 7.97. The maximum atomic E-state index is 4.31. The van der Waals surface area contributed by atoms with Crippen LogP contribution in [0.2, 0.25) is 0 Å². The van der Waals surface area contributed by atoms with E-state index in [4.69, 9.17) is 0 Å². The van der Waals surface area contributed by atoms with Crippen LogP contribution in [0.3, 0.4) is 0 Å². The highest BCUT2D eigenvalue weighted by Crippen LogP contribution is 2.26. The van der Waals surface area contributed by atoms with Crippen molar-refractivity contribution in [3.05, 3.63) is 70.7 Å². The van der Waals surface area contributed by atoms with Crippen LogP contribution >= 0.6 is 11.3 Å². The van der Waals surface area contributed by atoms with Gasteiger partial charge in [0.1, 0.15) is 0 Å². The number of nitrogens with zero attached hydrogens (tertiary/aromatic N) is 2. The Hall–Kier alpha value is -2.46. The van der Waals surface area contributed by atoms with Crippen LogP contribution in [-0.2, 0) is 5.41 Å². The lowest BCUT2D eigenvalue weighted by Crippen LogP contribution is -2.10. The molecule has 128 valence electrons. The normalized spacial score (nSPS) is 11.8. The molecule has 0 bridgehead atoms. The summed E-state index contributed by atoms with van der Waals surface area (Å²) >= 11 is 1.55. The Morgan fingerprint density at radius 2 is 1.56 bits per heavy atom. The van der Waals surface area contributed by atoms with Crippen molar-refractivity contribution < 1.29 is 0 Å². The number of benzene rings is 2. The van der Waals surface area contributed by atoms with Crippen molar-refractivity contribution >= 4 is 22.7 Å². The lowest BCUT2D eigenvalue weighted by molar-refractivity contribution is 0.590. The molecule has 0 aliphatic heterocycles. The van der Waals surface area contributed by atoms with Crippen LogP contribution in [0.4, 0.5) is 5.13 Å². The smallest absolute Gasteiger partial charge is 0.203 e. The predicted molar refractivity (Wildman–Crippen MR) is 109 cm³/mol. The molecule has 1 aromatic heterocycles. The number of hydrazone groups is 1. The van der Waals surface area contributed by atoms with Gasteiger partial charge in [0.2, 0.25) is 5.13 Å². The first-order valence-electron chi connectivity index (χ1n) is 8.34. The first-order chi connectivity index (χ1) is 11.9. The van der Waals surface area contributed by atoms with E-state index in [2.05, 4.69) is 84.8 Å². The van der Waals surface area contributed by atoms with Gasteiger partial charge < -0.3 is 0 Å². The number of rotatable bonds is 4. The largest absolute Gasteiger partial charge is 0.253 e. The van der Waals surface area contributed by atoms with Crippen LogP contribution in [0.5, 0.6) is 0 Å². The van der Waals surface area contributed by atoms with Crippen molar-refractivity contribution in [3.8, 4) is 11.1 Å². The highest BCUT2D eigenvalue weighted by molar-refractivity contribution is 7.13. The van der Waals surface area contributed by atoms with Gasteiger partial charge in [-0.3, -0.25) is 5.43 Å². The van der Waals surface area contributed by atoms with Crippen LogP contribution in [0.1, 0.15) is 37.6 Å². The zero-order valence-corrected chi connectivity index (χ0v) is 15.9. The molecule has 25 heavy (non-hydrogen) atoms. The molecule has 3 aromatic rings. The van der Waals surface area contributed by atoms with E-state index in [1.54, 1.807) is 11.3 Å². The van der Waals surface area contributed by atoms with Crippen LogP contribution in [0.15, 0.2) is 59.0 Å². The molecule has 0 unspecified atom stereocenters. The maximum absolute atomic E-state index is 4.31. The van der Waals surface area contributed by atoms with Gasteiger partial charge in [0, 0.05) is 5.38 Å². The summed E-state index contributed by atoms with van der Waals surface area (Å²) < 4.78 is 0. The molecule has 0 amide bonds. The Kier molecular flexibility index (Phi) is 5.00. The first kappa shape index (κ1) is 17.4. The molecule has 4 heteroatoms. The molecule has 0 spiro atoms. The third-order valence-corrected chi connectivity index (χ3v) is 4.85. The summed E-state index contributed by atoms with van der Waals surface area (Å²) in [6.07, 6.45) is 1.81. The summed E-state index contributed by atoms with van der Waals surface area (Å²) in [6.45, 7) is 8.67. The Morgan fingerprint density at radius 3 is 2.08 bits per heavy atom. The molecule has 1 N–H and O–H groups in total. The summed E-state index contributed by atoms with van der Waals surface area (Å²) in [4.78, 5) is 4.31. The molecular weight excluding hydrogens is 326 g/mol. The molecule has 3 nitrogen and oxygen atoms in total. The van der Waals surface area contributed by atoms with Crippen molar-refractivity contribution in [1.29, 1.82) is 0 Å². The second kappa shape index (κ2) is 7.19. The summed E-state index contributed by atoms with van der Waals surface area (Å²) in [7, 11) is 0. The van der Waals surface area contributed by atoms with Crippen molar-refractivity contribution in [1.82, 2.24) is 4.98 Å². The number of aromatic nitrogens is 1. The highest BCUT2D eigenvalue weighted by Gasteiger charge is 2.12. The molecular formula is C21H23N3S. The van der Waals surface area contributed by atoms with E-state index in [0.29, 0.717) is 0 Å². The number of hydrogen-bond donors (Lipinski definition) is 1. The Morgan fingerprint density at radius 1 is 0.960 bits per heavy atom. The topological polar surface area (TPSA) is 37.3 Å². The van der Waals surface area contributed by atoms with Crippen molar-refractivity contribution in [3.63, 3.8) is 0 Å². The standard InChI is InChI=1S/C21H23N3S/c1-15-14-25-20(23-15)24-22-13-16-5-7-17(8-6-16)18-9-11-19(12-10-18)21(2,3)4/h5-14H,1-4H3,(H,23,24). The van der Waals surface area contributed by atoms with E-state index in [0.717, 1.165) is 16.4 Å². The van der Waals surface area contributed by atoms with Gasteiger partial charge in [-0.25, -0.2) is 4.98 Å². The SMILES string of the molecule is Cc1csc(NN=Cc2ccc(-c3ccc(C(C)(C)C)cc3)cc2)n1. The van der Waals surface area contributed by atoms with Gasteiger partial charge >= 0.3 is 0 Å². The van der Waals surface area contributed by atoms with Crippen molar-refractivity contribution in [2.75, 3.05) is 5.43 Å². The highest BCUT2D eigenvalue weighted by atomic mass is 32.1. The fourth-order valence-corrected chi connectivity index (χ4v) is 3.13. The molecule has 3 rings (SSSR count). The third kappa shape index (κ3) is 4.54. The molecule has 0 aliphatic rings. The average molecular weight is 350 g/mol. The lowest BCUT2D eigenvalue weighted by Gasteiger charge is -2.19. The van der Waals surface area contributed by atoms with Crippen molar-refractivity contribution in [2.24, 2.45) is 5.10 Å². The van der Waals surface area contributed by atoms with Gasteiger partial charge in [-0.2, -0.15) is 5.10 Å². The Labute approximate surface area is 153 Å². The number of aryl methyl sites for hydroxylation is 1. The minimum atomic E-state index is 0.182. The molecule has 0 saturated carbocycles. The van der Waals surface area contributed by atoms with Gasteiger partial charge in [-0.05, 0) is 34.6 Å². The molecule has 0 radical (unpaired) electrons.